The number of nitrogens with zero attached hydrogens (tertiary/aromatic N) is 1. The van der Waals surface area contributed by atoms with Gasteiger partial charge >= 0.3 is 5.97 Å². The van der Waals surface area contributed by atoms with E-state index in [2.05, 4.69) is 5.32 Å². The first-order valence-corrected chi connectivity index (χ1v) is 9.46. The first-order valence-electron chi connectivity index (χ1n) is 9.46. The van der Waals surface area contributed by atoms with Gasteiger partial charge in [0.1, 0.15) is 5.75 Å². The van der Waals surface area contributed by atoms with Gasteiger partial charge < -0.3 is 14.8 Å². The molecule has 3 rings (SSSR count). The maximum atomic E-state index is 12.5. The van der Waals surface area contributed by atoms with Gasteiger partial charge in [0.15, 0.2) is 6.10 Å². The molecule has 1 aliphatic heterocycles. The van der Waals surface area contributed by atoms with Crippen molar-refractivity contribution in [3.05, 3.63) is 59.7 Å². The van der Waals surface area contributed by atoms with E-state index in [1.165, 1.54) is 6.92 Å². The summed E-state index contributed by atoms with van der Waals surface area (Å²) in [6, 6.07) is 13.6. The summed E-state index contributed by atoms with van der Waals surface area (Å²) in [5, 5.41) is 2.64. The minimum atomic E-state index is -1.03. The van der Waals surface area contributed by atoms with Crippen molar-refractivity contribution in [3.8, 4) is 5.75 Å². The van der Waals surface area contributed by atoms with Gasteiger partial charge in [-0.25, -0.2) is 0 Å². The Hall–Kier alpha value is -3.68. The van der Waals surface area contributed by atoms with Crippen LogP contribution in [0.1, 0.15) is 29.3 Å². The van der Waals surface area contributed by atoms with Gasteiger partial charge in [-0.3, -0.25) is 24.1 Å². The maximum Gasteiger partial charge on any atom is 0.308 e. The third-order valence-electron chi connectivity index (χ3n) is 4.71. The van der Waals surface area contributed by atoms with E-state index in [-0.39, 0.29) is 25.3 Å². The topological polar surface area (TPSA) is 102 Å². The van der Waals surface area contributed by atoms with E-state index >= 15 is 0 Å². The van der Waals surface area contributed by atoms with E-state index in [4.69, 9.17) is 9.47 Å². The standard InChI is InChI=1S/C22H22N2O6/c1-14(21(27)23-16-7-9-17(29-2)10-8-16)30-20(26)11-12-24-19(25)13-15-5-3-4-6-18(15)22(24)28/h3-10,14H,11-13H2,1-2H3,(H,23,27)/t14-/m0/s1. The second-order valence-corrected chi connectivity index (χ2v) is 6.78. The molecule has 0 saturated heterocycles. The van der Waals surface area contributed by atoms with Gasteiger partial charge in [-0.05, 0) is 42.8 Å². The van der Waals surface area contributed by atoms with Crippen LogP contribution in [0.2, 0.25) is 0 Å². The Bertz CT molecular complexity index is 970. The van der Waals surface area contributed by atoms with Crippen molar-refractivity contribution >= 4 is 29.4 Å². The first-order chi connectivity index (χ1) is 14.4. The Kier molecular flexibility index (Phi) is 6.46. The zero-order valence-corrected chi connectivity index (χ0v) is 16.7. The summed E-state index contributed by atoms with van der Waals surface area (Å²) in [4.78, 5) is 50.1. The van der Waals surface area contributed by atoms with Crippen LogP contribution in [0.15, 0.2) is 48.5 Å². The van der Waals surface area contributed by atoms with Crippen LogP contribution in [-0.4, -0.2) is 48.3 Å². The molecule has 0 aromatic heterocycles. The summed E-state index contributed by atoms with van der Waals surface area (Å²) >= 11 is 0. The fourth-order valence-electron chi connectivity index (χ4n) is 3.06. The summed E-state index contributed by atoms with van der Waals surface area (Å²) in [5.41, 5.74) is 1.67. The summed E-state index contributed by atoms with van der Waals surface area (Å²) in [7, 11) is 1.54. The highest BCUT2D eigenvalue weighted by atomic mass is 16.5. The van der Waals surface area contributed by atoms with Crippen LogP contribution < -0.4 is 10.1 Å². The summed E-state index contributed by atoms with van der Waals surface area (Å²) in [5.74, 6) is -1.31. The third-order valence-corrected chi connectivity index (χ3v) is 4.71. The summed E-state index contributed by atoms with van der Waals surface area (Å²) in [6.45, 7) is 1.35. The molecule has 1 heterocycles. The molecule has 0 aliphatic carbocycles. The molecular weight excluding hydrogens is 388 g/mol. The van der Waals surface area contributed by atoms with Crippen LogP contribution in [0.4, 0.5) is 5.69 Å². The second-order valence-electron chi connectivity index (χ2n) is 6.78. The molecule has 0 saturated carbocycles. The number of nitrogens with one attached hydrogen (secondary N) is 1. The van der Waals surface area contributed by atoms with E-state index in [1.807, 2.05) is 0 Å². The van der Waals surface area contributed by atoms with E-state index < -0.39 is 23.9 Å². The first kappa shape index (κ1) is 21.0. The molecule has 0 unspecified atom stereocenters. The molecule has 1 N–H and O–H groups in total. The summed E-state index contributed by atoms with van der Waals surface area (Å²) < 4.78 is 10.2. The van der Waals surface area contributed by atoms with Crippen LogP contribution in [0.5, 0.6) is 5.75 Å². The lowest BCUT2D eigenvalue weighted by molar-refractivity contribution is -0.153. The lowest BCUT2D eigenvalue weighted by atomic mass is 9.98. The van der Waals surface area contributed by atoms with Crippen molar-refractivity contribution < 1.29 is 28.7 Å². The number of methoxy groups -OCH3 is 1. The predicted octanol–water partition coefficient (Wildman–Crippen LogP) is 2.18. The molecule has 30 heavy (non-hydrogen) atoms. The predicted molar refractivity (Wildman–Crippen MR) is 108 cm³/mol. The second kappa shape index (κ2) is 9.21. The number of carbonyl (C=O) groups excluding carboxylic acids is 4. The molecule has 3 amide bonds. The number of amides is 3. The molecule has 2 aromatic carbocycles. The van der Waals surface area contributed by atoms with Gasteiger partial charge in [0.05, 0.1) is 20.0 Å². The third kappa shape index (κ3) is 4.83. The van der Waals surface area contributed by atoms with Gasteiger partial charge in [0.25, 0.3) is 11.8 Å². The lowest BCUT2D eigenvalue weighted by Crippen LogP contribution is -2.43. The Balaban J connectivity index is 1.50. The monoisotopic (exact) mass is 410 g/mol. The van der Waals surface area contributed by atoms with Crippen molar-refractivity contribution in [1.29, 1.82) is 0 Å². The number of esters is 1. The number of hydrogen-bond donors (Lipinski definition) is 1. The van der Waals surface area contributed by atoms with Gasteiger partial charge in [-0.2, -0.15) is 0 Å². The van der Waals surface area contributed by atoms with Gasteiger partial charge in [-0.1, -0.05) is 18.2 Å². The zero-order chi connectivity index (χ0) is 21.7. The molecule has 8 nitrogen and oxygen atoms in total. The number of anilines is 1. The fraction of sp³-hybridized carbons (Fsp3) is 0.273. The zero-order valence-electron chi connectivity index (χ0n) is 16.7. The average molecular weight is 410 g/mol. The molecule has 1 atom stereocenters. The molecule has 2 aromatic rings. The highest BCUT2D eigenvalue weighted by Gasteiger charge is 2.31. The smallest absolute Gasteiger partial charge is 0.308 e. The maximum absolute atomic E-state index is 12.5. The molecular formula is C22H22N2O6. The molecule has 0 fully saturated rings. The SMILES string of the molecule is COc1ccc(NC(=O)[C@H](C)OC(=O)CCN2C(=O)Cc3ccccc3C2=O)cc1. The van der Waals surface area contributed by atoms with Gasteiger partial charge in [0.2, 0.25) is 5.91 Å². The number of ether oxygens (including phenoxy) is 2. The van der Waals surface area contributed by atoms with E-state index in [0.717, 1.165) is 4.90 Å². The Labute approximate surface area is 173 Å². The van der Waals surface area contributed by atoms with Crippen molar-refractivity contribution in [2.75, 3.05) is 19.0 Å². The number of imide groups is 1. The minimum Gasteiger partial charge on any atom is -0.497 e. The highest BCUT2D eigenvalue weighted by molar-refractivity contribution is 6.09. The average Bonchev–Trinajstić information content (AvgIpc) is 2.74. The number of carbonyl (C=O) groups is 4. The van der Waals surface area contributed by atoms with Gasteiger partial charge in [0, 0.05) is 17.8 Å². The van der Waals surface area contributed by atoms with E-state index in [1.54, 1.807) is 55.6 Å². The molecule has 1 aliphatic rings. The Morgan fingerprint density at radius 2 is 1.80 bits per heavy atom. The van der Waals surface area contributed by atoms with Crippen LogP contribution in [0.3, 0.4) is 0 Å². The quantitative estimate of drug-likeness (QED) is 0.555. The van der Waals surface area contributed by atoms with Crippen LogP contribution in [0.25, 0.3) is 0 Å². The Morgan fingerprint density at radius 3 is 2.50 bits per heavy atom. The van der Waals surface area contributed by atoms with Crippen LogP contribution in [0, 0.1) is 0 Å². The highest BCUT2D eigenvalue weighted by Crippen LogP contribution is 2.20. The minimum absolute atomic E-state index is 0.0996. The molecule has 156 valence electrons. The van der Waals surface area contributed by atoms with Crippen molar-refractivity contribution in [1.82, 2.24) is 4.90 Å². The number of benzene rings is 2. The van der Waals surface area contributed by atoms with Crippen molar-refractivity contribution in [2.24, 2.45) is 0 Å². The van der Waals surface area contributed by atoms with Crippen LogP contribution >= 0.6 is 0 Å². The van der Waals surface area contributed by atoms with E-state index in [0.29, 0.717) is 22.6 Å². The molecule has 0 bridgehead atoms. The summed E-state index contributed by atoms with van der Waals surface area (Å²) in [6.07, 6.45) is -1.12. The number of fused-ring (bicyclic) bond motifs is 1. The van der Waals surface area contributed by atoms with Crippen LogP contribution in [-0.2, 0) is 25.5 Å². The molecule has 0 radical (unpaired) electrons. The normalized spacial score (nSPS) is 14.0. The number of rotatable bonds is 7. The Morgan fingerprint density at radius 1 is 1.10 bits per heavy atom. The largest absolute Gasteiger partial charge is 0.497 e. The van der Waals surface area contributed by atoms with Crippen molar-refractivity contribution in [3.63, 3.8) is 0 Å². The van der Waals surface area contributed by atoms with E-state index in [9.17, 15) is 19.2 Å². The molecule has 8 heteroatoms. The fourth-order valence-corrected chi connectivity index (χ4v) is 3.06. The number of hydrogen-bond acceptors (Lipinski definition) is 6. The lowest BCUT2D eigenvalue weighted by Gasteiger charge is -2.26. The van der Waals surface area contributed by atoms with Gasteiger partial charge in [-0.15, -0.1) is 0 Å². The van der Waals surface area contributed by atoms with Crippen molar-refractivity contribution in [2.45, 2.75) is 25.9 Å². The molecule has 0 spiro atoms.